The minimum Gasteiger partial charge on any atom is -0.309 e. The van der Waals surface area contributed by atoms with Crippen LogP contribution in [0.5, 0.6) is 0 Å². The Bertz CT molecular complexity index is 8890. The molecular weight excluding hydrogens is 1540 g/mol. The molecule has 0 saturated carbocycles. The summed E-state index contributed by atoms with van der Waals surface area (Å²) < 4.78 is 14.1. The number of aromatic nitrogens is 12. The summed E-state index contributed by atoms with van der Waals surface area (Å²) in [6.07, 6.45) is 0. The van der Waals surface area contributed by atoms with Crippen LogP contribution in [0.25, 0.3) is 244 Å². The number of fused-ring (bicyclic) bond motifs is 19. The van der Waals surface area contributed by atoms with Gasteiger partial charge in [0.2, 0.25) is 11.9 Å². The summed E-state index contributed by atoms with van der Waals surface area (Å²) in [5.41, 5.74) is 27.5. The molecule has 0 N–H and O–H groups in total. The molecule has 0 atom stereocenters. The summed E-state index contributed by atoms with van der Waals surface area (Å²) in [5.74, 6) is 3.41. The van der Waals surface area contributed by atoms with E-state index in [1.165, 1.54) is 37.8 Å². The van der Waals surface area contributed by atoms with E-state index in [1.807, 2.05) is 54.6 Å². The molecule has 0 aliphatic heterocycles. The lowest BCUT2D eigenvalue weighted by molar-refractivity contribution is 0.953. The maximum atomic E-state index is 5.50. The van der Waals surface area contributed by atoms with Gasteiger partial charge in [-0.1, -0.05) is 285 Å². The Morgan fingerprint density at radius 1 is 0.127 bits per heavy atom. The molecule has 12 nitrogen and oxygen atoms in total. The molecule has 0 bridgehead atoms. The number of rotatable bonds is 13. The van der Waals surface area contributed by atoms with Crippen LogP contribution in [0, 0.1) is 0 Å². The lowest BCUT2D eigenvalue weighted by Gasteiger charge is -2.13. The monoisotopic (exact) mass is 1610 g/mol. The quantitative estimate of drug-likeness (QED) is 0.114. The van der Waals surface area contributed by atoms with Gasteiger partial charge in [-0.05, 0) is 173 Å². The van der Waals surface area contributed by atoms with E-state index in [4.69, 9.17) is 29.9 Å². The highest BCUT2D eigenvalue weighted by atomic mass is 15.2. The molecular formula is C114H70N12. The lowest BCUT2D eigenvalue weighted by Crippen LogP contribution is -2.06. The fraction of sp³-hybridized carbons (Fsp3) is 0. The average molecular weight is 1610 g/mol. The van der Waals surface area contributed by atoms with Gasteiger partial charge in [0, 0.05) is 110 Å². The second kappa shape index (κ2) is 28.2. The third-order valence-electron chi connectivity index (χ3n) is 25.5. The van der Waals surface area contributed by atoms with Crippen LogP contribution in [0.1, 0.15) is 0 Å². The fourth-order valence-electron chi connectivity index (χ4n) is 19.8. The summed E-state index contributed by atoms with van der Waals surface area (Å²) in [7, 11) is 0. The first kappa shape index (κ1) is 70.6. The zero-order valence-electron chi connectivity index (χ0n) is 67.8. The molecule has 8 heterocycles. The third-order valence-corrected chi connectivity index (χ3v) is 25.5. The van der Waals surface area contributed by atoms with Gasteiger partial charge in [-0.2, -0.15) is 19.9 Å². The van der Waals surface area contributed by atoms with Crippen molar-refractivity contribution in [3.8, 4) is 114 Å². The Kier molecular flexibility index (Phi) is 15.8. The third kappa shape index (κ3) is 11.1. The molecule has 0 fully saturated rings. The standard InChI is InChI=1S/C114H70N12/c1-6-27-72(28-7-1)109-115-110(73-29-8-2-9-30-73)118-113(117-109)126-104-62-53-78(76-51-60-102-92(66-76)87-41-18-21-44-97(87)121(102)81-35-12-4-13-36-81)68-94(104)95-69-79(54-63-105(95)126)77-52-61-103-93(67-77)88-42-19-22-45-98(88)122(103)83-55-49-71(50-56-83)75-33-26-34-80(65-75)112-116-111(74-31-10-3-11-32-74)119-114(120-112)125-101-48-25-20-43-89(101)96-70-84(57-64-106(96)125)124-100-47-24-17-40-86(100)91-59-58-90-85-39-16-23-46-99(85)123(107(90)108(91)124)82-37-14-5-15-38-82/h1-70H. The Labute approximate surface area is 721 Å². The zero-order valence-corrected chi connectivity index (χ0v) is 67.8. The van der Waals surface area contributed by atoms with Gasteiger partial charge < -0.3 is 18.3 Å². The largest absolute Gasteiger partial charge is 0.309 e. The van der Waals surface area contributed by atoms with Gasteiger partial charge in [0.25, 0.3) is 0 Å². The van der Waals surface area contributed by atoms with Gasteiger partial charge in [0.1, 0.15) is 0 Å². The van der Waals surface area contributed by atoms with E-state index in [-0.39, 0.29) is 0 Å². The highest BCUT2D eigenvalue weighted by Crippen LogP contribution is 2.47. The molecule has 0 saturated heterocycles. The predicted molar refractivity (Wildman–Crippen MR) is 517 cm³/mol. The summed E-state index contributed by atoms with van der Waals surface area (Å²) in [6, 6.07) is 152. The van der Waals surface area contributed by atoms with Crippen LogP contribution in [0.3, 0.4) is 0 Å². The highest BCUT2D eigenvalue weighted by molar-refractivity contribution is 6.25. The second-order valence-corrected chi connectivity index (χ2v) is 32.5. The number of hydrogen-bond acceptors (Lipinski definition) is 6. The normalized spacial score (nSPS) is 12.0. The summed E-state index contributed by atoms with van der Waals surface area (Å²) in [4.78, 5) is 32.0. The smallest absolute Gasteiger partial charge is 0.238 e. The van der Waals surface area contributed by atoms with Crippen molar-refractivity contribution in [1.29, 1.82) is 0 Å². The van der Waals surface area contributed by atoms with Crippen molar-refractivity contribution in [2.45, 2.75) is 0 Å². The molecule has 0 aliphatic carbocycles. The molecule has 126 heavy (non-hydrogen) atoms. The van der Waals surface area contributed by atoms with Gasteiger partial charge in [-0.25, -0.2) is 9.97 Å². The van der Waals surface area contributed by atoms with E-state index in [9.17, 15) is 0 Å². The van der Waals surface area contributed by atoms with Crippen molar-refractivity contribution in [2.75, 3.05) is 0 Å². The first-order valence-corrected chi connectivity index (χ1v) is 42.6. The van der Waals surface area contributed by atoms with Crippen molar-refractivity contribution in [1.82, 2.24) is 57.3 Å². The topological polar surface area (TPSA) is 107 Å². The lowest BCUT2D eigenvalue weighted by atomic mass is 9.98. The van der Waals surface area contributed by atoms with Crippen molar-refractivity contribution >= 4 is 131 Å². The van der Waals surface area contributed by atoms with Crippen LogP contribution in [-0.4, -0.2) is 57.3 Å². The van der Waals surface area contributed by atoms with Crippen molar-refractivity contribution < 1.29 is 0 Å². The van der Waals surface area contributed by atoms with Crippen LogP contribution in [0.2, 0.25) is 0 Å². The van der Waals surface area contributed by atoms with Gasteiger partial charge in [0.05, 0.1) is 66.2 Å². The van der Waals surface area contributed by atoms with Gasteiger partial charge in [0.15, 0.2) is 23.3 Å². The van der Waals surface area contributed by atoms with E-state index in [0.717, 1.165) is 171 Å². The predicted octanol–water partition coefficient (Wildman–Crippen LogP) is 28.3. The molecule has 0 spiro atoms. The van der Waals surface area contributed by atoms with E-state index in [1.54, 1.807) is 0 Å². The van der Waals surface area contributed by atoms with E-state index < -0.39 is 0 Å². The first-order valence-electron chi connectivity index (χ1n) is 42.6. The van der Waals surface area contributed by atoms with Crippen LogP contribution in [-0.2, 0) is 0 Å². The van der Waals surface area contributed by atoms with Gasteiger partial charge >= 0.3 is 0 Å². The highest BCUT2D eigenvalue weighted by Gasteiger charge is 2.27. The fourth-order valence-corrected chi connectivity index (χ4v) is 19.8. The number of nitrogens with zero attached hydrogens (tertiary/aromatic N) is 12. The summed E-state index contributed by atoms with van der Waals surface area (Å²) in [6.45, 7) is 0. The minimum absolute atomic E-state index is 0.527. The Balaban J connectivity index is 0.569. The average Bonchev–Trinajstić information content (AvgIpc) is 1.54. The molecule has 586 valence electrons. The Morgan fingerprint density at radius 3 is 0.794 bits per heavy atom. The van der Waals surface area contributed by atoms with Crippen LogP contribution < -0.4 is 0 Å². The molecule has 26 rings (SSSR count). The van der Waals surface area contributed by atoms with Crippen molar-refractivity contribution in [3.63, 3.8) is 0 Å². The molecule has 0 amide bonds. The molecule has 18 aromatic carbocycles. The molecule has 12 heteroatoms. The number of hydrogen-bond donors (Lipinski definition) is 0. The van der Waals surface area contributed by atoms with Gasteiger partial charge in [-0.15, -0.1) is 0 Å². The zero-order chi connectivity index (χ0) is 82.6. The van der Waals surface area contributed by atoms with Crippen LogP contribution >= 0.6 is 0 Å². The van der Waals surface area contributed by atoms with Crippen molar-refractivity contribution in [2.24, 2.45) is 0 Å². The Hall–Kier alpha value is -17.2. The number of para-hydroxylation sites is 7. The van der Waals surface area contributed by atoms with Crippen LogP contribution in [0.15, 0.2) is 425 Å². The molecule has 0 unspecified atom stereocenters. The maximum absolute atomic E-state index is 5.50. The van der Waals surface area contributed by atoms with Crippen LogP contribution in [0.4, 0.5) is 0 Å². The van der Waals surface area contributed by atoms with E-state index in [0.29, 0.717) is 35.2 Å². The molecule has 0 aliphatic rings. The minimum atomic E-state index is 0.527. The summed E-state index contributed by atoms with van der Waals surface area (Å²) >= 11 is 0. The maximum Gasteiger partial charge on any atom is 0.238 e. The SMILES string of the molecule is c1ccc(-c2nc(-c3ccccc3)nc(-n3c4ccc(-c5ccc6c(c5)c5ccccc5n6-c5ccccc5)cc4c4cc(-c5ccc6c(c5)c5ccccc5n6-c5ccc(-c6cccc(-c7nc(-c8ccccc8)nc(-n8c9ccccc9c9cc(-n%10c%11ccccc%11c%11ccc%12c%13ccccc%13n(-c%13ccccc%13)c%12c%11%10)ccc98)n7)c6)cc5)ccc43)n2)cc1. The molecule has 8 aromatic heterocycles. The van der Waals surface area contributed by atoms with Gasteiger partial charge in [-0.3, -0.25) is 9.13 Å². The van der Waals surface area contributed by atoms with E-state index >= 15 is 0 Å². The first-order chi connectivity index (χ1) is 62.5. The second-order valence-electron chi connectivity index (χ2n) is 32.5. The molecule has 26 aromatic rings. The van der Waals surface area contributed by atoms with Crippen molar-refractivity contribution in [3.05, 3.63) is 425 Å². The number of benzene rings is 18. The van der Waals surface area contributed by atoms with E-state index in [2.05, 4.69) is 397 Å². The Morgan fingerprint density at radius 2 is 0.381 bits per heavy atom. The summed E-state index contributed by atoms with van der Waals surface area (Å²) in [5, 5.41) is 13.9. The molecule has 0 radical (unpaired) electrons.